The van der Waals surface area contributed by atoms with Crippen LogP contribution >= 0.6 is 0 Å². The summed E-state index contributed by atoms with van der Waals surface area (Å²) < 4.78 is 10.8. The van der Waals surface area contributed by atoms with Crippen LogP contribution in [0.25, 0.3) is 0 Å². The maximum absolute atomic E-state index is 11.5. The molecule has 0 radical (unpaired) electrons. The van der Waals surface area contributed by atoms with Crippen molar-refractivity contribution in [1.82, 2.24) is 4.98 Å². The van der Waals surface area contributed by atoms with E-state index in [9.17, 15) is 9.90 Å². The highest BCUT2D eigenvalue weighted by Gasteiger charge is 2.35. The predicted molar refractivity (Wildman–Crippen MR) is 74.5 cm³/mol. The van der Waals surface area contributed by atoms with Crippen molar-refractivity contribution in [3.05, 3.63) is 23.0 Å². The number of carboxylic acid groups (broad SMARTS) is 1. The molecule has 0 bridgehead atoms. The molecule has 0 saturated carbocycles. The second kappa shape index (κ2) is 5.76. The number of rotatable bonds is 4. The van der Waals surface area contributed by atoms with Crippen molar-refractivity contribution < 1.29 is 19.4 Å². The third-order valence-electron chi connectivity index (χ3n) is 3.68. The van der Waals surface area contributed by atoms with Crippen molar-refractivity contribution in [3.8, 4) is 0 Å². The van der Waals surface area contributed by atoms with Crippen molar-refractivity contribution in [2.24, 2.45) is 0 Å². The van der Waals surface area contributed by atoms with Crippen LogP contribution in [-0.4, -0.2) is 55.6 Å². The zero-order chi connectivity index (χ0) is 14.9. The number of aromatic nitrogens is 1. The summed E-state index contributed by atoms with van der Waals surface area (Å²) in [5, 5.41) is 9.41. The van der Waals surface area contributed by atoms with Crippen molar-refractivity contribution >= 4 is 11.7 Å². The summed E-state index contributed by atoms with van der Waals surface area (Å²) in [5.74, 6) is -0.958. The first kappa shape index (κ1) is 14.7. The molecule has 6 heteroatoms. The van der Waals surface area contributed by atoms with E-state index < -0.39 is 5.97 Å². The fourth-order valence-corrected chi connectivity index (χ4v) is 2.72. The molecule has 6 nitrogen and oxygen atoms in total. The quantitative estimate of drug-likeness (QED) is 0.895. The molecule has 0 spiro atoms. The molecule has 1 aromatic heterocycles. The van der Waals surface area contributed by atoms with Crippen LogP contribution in [-0.2, 0) is 9.47 Å². The minimum atomic E-state index is -0.958. The van der Waals surface area contributed by atoms with E-state index in [0.29, 0.717) is 24.5 Å². The lowest BCUT2D eigenvalue weighted by atomic mass is 10.1. The Morgan fingerprint density at radius 1 is 1.30 bits per heavy atom. The number of aryl methyl sites for hydroxylation is 2. The average molecular weight is 280 g/mol. The Balaban J connectivity index is 2.40. The number of carbonyl (C=O) groups is 1. The van der Waals surface area contributed by atoms with E-state index in [1.807, 2.05) is 11.8 Å². The highest BCUT2D eigenvalue weighted by molar-refractivity contribution is 5.95. The molecule has 2 heterocycles. The first-order valence-corrected chi connectivity index (χ1v) is 6.50. The summed E-state index contributed by atoms with van der Waals surface area (Å²) in [7, 11) is 3.28. The number of hydrogen-bond acceptors (Lipinski definition) is 5. The Hall–Kier alpha value is -1.66. The lowest BCUT2D eigenvalue weighted by Crippen LogP contribution is -2.27. The monoisotopic (exact) mass is 280 g/mol. The molecule has 1 N–H and O–H groups in total. The highest BCUT2D eigenvalue weighted by atomic mass is 16.5. The first-order chi connectivity index (χ1) is 9.47. The maximum atomic E-state index is 11.5. The number of hydrogen-bond donors (Lipinski definition) is 1. The van der Waals surface area contributed by atoms with E-state index in [1.165, 1.54) is 0 Å². The van der Waals surface area contributed by atoms with Gasteiger partial charge in [-0.05, 0) is 19.9 Å². The molecular weight excluding hydrogens is 260 g/mol. The van der Waals surface area contributed by atoms with Gasteiger partial charge in [0.05, 0.1) is 11.4 Å². The number of nitrogens with zero attached hydrogens (tertiary/aromatic N) is 2. The van der Waals surface area contributed by atoms with E-state index in [2.05, 4.69) is 4.98 Å². The summed E-state index contributed by atoms with van der Waals surface area (Å²) in [5.41, 5.74) is 2.27. The maximum Gasteiger partial charge on any atom is 0.339 e. The van der Waals surface area contributed by atoms with Gasteiger partial charge in [0.2, 0.25) is 0 Å². The summed E-state index contributed by atoms with van der Waals surface area (Å²) in [6, 6.07) is 1.81. The summed E-state index contributed by atoms with van der Waals surface area (Å²) in [6.45, 7) is 4.80. The van der Waals surface area contributed by atoms with E-state index in [-0.39, 0.29) is 17.8 Å². The van der Waals surface area contributed by atoms with Crippen LogP contribution in [0.1, 0.15) is 21.7 Å². The van der Waals surface area contributed by atoms with Gasteiger partial charge in [-0.2, -0.15) is 0 Å². The van der Waals surface area contributed by atoms with Gasteiger partial charge in [0, 0.05) is 33.0 Å². The van der Waals surface area contributed by atoms with Gasteiger partial charge in [-0.15, -0.1) is 0 Å². The van der Waals surface area contributed by atoms with Crippen molar-refractivity contribution in [3.63, 3.8) is 0 Å². The van der Waals surface area contributed by atoms with E-state index in [4.69, 9.17) is 9.47 Å². The van der Waals surface area contributed by atoms with Crippen molar-refractivity contribution in [2.75, 3.05) is 32.2 Å². The smallest absolute Gasteiger partial charge is 0.339 e. The molecule has 1 aliphatic heterocycles. The van der Waals surface area contributed by atoms with Gasteiger partial charge in [-0.25, -0.2) is 4.79 Å². The lowest BCUT2D eigenvalue weighted by molar-refractivity contribution is -0.00461. The van der Waals surface area contributed by atoms with Gasteiger partial charge < -0.3 is 19.5 Å². The number of anilines is 1. The van der Waals surface area contributed by atoms with E-state index in [1.54, 1.807) is 27.2 Å². The predicted octanol–water partition coefficient (Wildman–Crippen LogP) is 1.25. The molecule has 110 valence electrons. The number of aromatic carboxylic acids is 1. The minimum Gasteiger partial charge on any atom is -0.478 e. The van der Waals surface area contributed by atoms with Crippen LogP contribution in [0.15, 0.2) is 6.07 Å². The van der Waals surface area contributed by atoms with Crippen LogP contribution in [0.3, 0.4) is 0 Å². The topological polar surface area (TPSA) is 71.9 Å². The SMILES string of the molecule is COC1CN(c2cc(C)nc(C)c2C(=O)O)CC1OC. The molecule has 1 saturated heterocycles. The van der Waals surface area contributed by atoms with Crippen LogP contribution in [0.2, 0.25) is 0 Å². The normalized spacial score (nSPS) is 22.3. The summed E-state index contributed by atoms with van der Waals surface area (Å²) in [4.78, 5) is 17.7. The standard InChI is InChI=1S/C14H20N2O4/c1-8-5-10(13(14(17)18)9(2)15-8)16-6-11(19-3)12(7-16)20-4/h5,11-12H,6-7H2,1-4H3,(H,17,18). The van der Waals surface area contributed by atoms with Gasteiger partial charge in [0.15, 0.2) is 0 Å². The molecular formula is C14H20N2O4. The fourth-order valence-electron chi connectivity index (χ4n) is 2.72. The Kier molecular flexibility index (Phi) is 4.25. The van der Waals surface area contributed by atoms with Gasteiger partial charge in [-0.3, -0.25) is 4.98 Å². The lowest BCUT2D eigenvalue weighted by Gasteiger charge is -2.21. The Morgan fingerprint density at radius 3 is 2.30 bits per heavy atom. The molecule has 2 atom stereocenters. The second-order valence-electron chi connectivity index (χ2n) is 5.00. The molecule has 1 aliphatic rings. The Morgan fingerprint density at radius 2 is 1.85 bits per heavy atom. The van der Waals surface area contributed by atoms with Crippen molar-refractivity contribution in [2.45, 2.75) is 26.1 Å². The van der Waals surface area contributed by atoms with Gasteiger partial charge in [-0.1, -0.05) is 0 Å². The third kappa shape index (κ3) is 2.62. The molecule has 2 rings (SSSR count). The molecule has 0 aromatic carbocycles. The molecule has 2 unspecified atom stereocenters. The second-order valence-corrected chi connectivity index (χ2v) is 5.00. The third-order valence-corrected chi connectivity index (χ3v) is 3.68. The summed E-state index contributed by atoms with van der Waals surface area (Å²) in [6.07, 6.45) is -0.120. The van der Waals surface area contributed by atoms with Crippen LogP contribution < -0.4 is 4.90 Å². The van der Waals surface area contributed by atoms with Crippen molar-refractivity contribution in [1.29, 1.82) is 0 Å². The molecule has 0 aliphatic carbocycles. The van der Waals surface area contributed by atoms with E-state index >= 15 is 0 Å². The van der Waals surface area contributed by atoms with Gasteiger partial charge in [0.1, 0.15) is 17.8 Å². The zero-order valence-corrected chi connectivity index (χ0v) is 12.2. The largest absolute Gasteiger partial charge is 0.478 e. The molecule has 20 heavy (non-hydrogen) atoms. The highest BCUT2D eigenvalue weighted by Crippen LogP contribution is 2.29. The summed E-state index contributed by atoms with van der Waals surface area (Å²) >= 11 is 0. The Bertz CT molecular complexity index is 506. The van der Waals surface area contributed by atoms with Crippen LogP contribution in [0.4, 0.5) is 5.69 Å². The minimum absolute atomic E-state index is 0.0598. The van der Waals surface area contributed by atoms with Crippen LogP contribution in [0, 0.1) is 13.8 Å². The molecule has 1 fully saturated rings. The number of carboxylic acids is 1. The zero-order valence-electron chi connectivity index (χ0n) is 12.2. The van der Waals surface area contributed by atoms with Gasteiger partial charge in [0.25, 0.3) is 0 Å². The van der Waals surface area contributed by atoms with E-state index in [0.717, 1.165) is 5.69 Å². The number of pyridine rings is 1. The molecule has 1 aromatic rings. The molecule has 0 amide bonds. The first-order valence-electron chi connectivity index (χ1n) is 6.50. The number of ether oxygens (including phenoxy) is 2. The Labute approximate surface area is 118 Å². The van der Waals surface area contributed by atoms with Crippen LogP contribution in [0.5, 0.6) is 0 Å². The average Bonchev–Trinajstić information content (AvgIpc) is 2.80. The number of methoxy groups -OCH3 is 2. The fraction of sp³-hybridized carbons (Fsp3) is 0.571. The van der Waals surface area contributed by atoms with Gasteiger partial charge >= 0.3 is 5.97 Å².